The second kappa shape index (κ2) is 15.6. The number of carboxylic acid groups (broad SMARTS) is 1. The van der Waals surface area contributed by atoms with E-state index in [9.17, 15) is 19.5 Å². The largest absolute Gasteiger partial charge is 0.480 e. The van der Waals surface area contributed by atoms with Crippen LogP contribution in [0.3, 0.4) is 0 Å². The van der Waals surface area contributed by atoms with Crippen molar-refractivity contribution in [3.05, 3.63) is 0 Å². The number of ether oxygens (including phenoxy) is 2. The predicted octanol–water partition coefficient (Wildman–Crippen LogP) is 6.56. The third-order valence-corrected chi connectivity index (χ3v) is 7.24. The lowest BCUT2D eigenvalue weighted by molar-refractivity contribution is -0.177. The first-order valence-corrected chi connectivity index (χ1v) is 14.2. The number of carboxylic acids is 1. The zero-order valence-corrected chi connectivity index (χ0v) is 23.9. The van der Waals surface area contributed by atoms with Crippen molar-refractivity contribution >= 4 is 17.9 Å². The zero-order valence-electron chi connectivity index (χ0n) is 23.9. The Kier molecular flexibility index (Phi) is 14.0. The second-order valence-electron chi connectivity index (χ2n) is 12.1. The Labute approximate surface area is 219 Å². The molecule has 0 spiro atoms. The average Bonchev–Trinajstić information content (AvgIpc) is 2.73. The molecule has 1 fully saturated rings. The van der Waals surface area contributed by atoms with Crippen molar-refractivity contribution < 1.29 is 29.0 Å². The first-order valence-electron chi connectivity index (χ1n) is 14.2. The highest BCUT2D eigenvalue weighted by Gasteiger charge is 2.49. The van der Waals surface area contributed by atoms with Gasteiger partial charge in [-0.2, -0.15) is 0 Å². The molecule has 7 heteroatoms. The van der Waals surface area contributed by atoms with E-state index in [0.717, 1.165) is 64.2 Å². The minimum Gasteiger partial charge on any atom is -0.480 e. The molecule has 7 nitrogen and oxygen atoms in total. The van der Waals surface area contributed by atoms with E-state index in [2.05, 4.69) is 33.0 Å². The molecule has 1 aliphatic rings. The number of hydrogen-bond acceptors (Lipinski definition) is 6. The molecule has 1 aliphatic heterocycles. The molecule has 0 aliphatic carbocycles. The van der Waals surface area contributed by atoms with Gasteiger partial charge in [-0.3, -0.25) is 14.4 Å². The minimum atomic E-state index is -1.45. The van der Waals surface area contributed by atoms with E-state index in [1.807, 2.05) is 6.92 Å². The number of hydrogen-bond donors (Lipinski definition) is 2. The smallest absolute Gasteiger partial charge is 0.323 e. The topological polar surface area (TPSA) is 102 Å². The standard InChI is InChI=1S/C29H53NO6/c1-7-8-18-29(25(32)33,26(34)36-24-21-27(3,4)30-28(5,6)22-24)19-16-14-12-10-9-11-13-15-17-20-35-23(2)31/h24,30H,7-22H2,1-6H3,(H,32,33). The Balaban J connectivity index is 2.52. The predicted molar refractivity (Wildman–Crippen MR) is 143 cm³/mol. The lowest BCUT2D eigenvalue weighted by atomic mass is 9.77. The van der Waals surface area contributed by atoms with Gasteiger partial charge >= 0.3 is 17.9 Å². The van der Waals surface area contributed by atoms with E-state index in [1.54, 1.807) is 0 Å². The van der Waals surface area contributed by atoms with Crippen LogP contribution in [0, 0.1) is 5.41 Å². The molecule has 0 amide bonds. The van der Waals surface area contributed by atoms with Crippen LogP contribution in [-0.4, -0.2) is 46.8 Å². The number of rotatable bonds is 18. The molecule has 1 atom stereocenters. The number of carbonyl (C=O) groups excluding carboxylic acids is 2. The molecule has 0 aromatic heterocycles. The summed E-state index contributed by atoms with van der Waals surface area (Å²) in [5.74, 6) is -1.80. The second-order valence-corrected chi connectivity index (χ2v) is 12.1. The van der Waals surface area contributed by atoms with Gasteiger partial charge in [0.05, 0.1) is 6.61 Å². The van der Waals surface area contributed by atoms with E-state index >= 15 is 0 Å². The lowest BCUT2D eigenvalue weighted by Gasteiger charge is -2.46. The fourth-order valence-electron chi connectivity index (χ4n) is 5.67. The summed E-state index contributed by atoms with van der Waals surface area (Å²) in [6, 6.07) is 0. The summed E-state index contributed by atoms with van der Waals surface area (Å²) in [4.78, 5) is 36.6. The Hall–Kier alpha value is -1.63. The van der Waals surface area contributed by atoms with Crippen molar-refractivity contribution in [1.29, 1.82) is 0 Å². The minimum absolute atomic E-state index is 0.176. The third kappa shape index (κ3) is 12.1. The van der Waals surface area contributed by atoms with Crippen molar-refractivity contribution in [2.24, 2.45) is 5.41 Å². The number of unbranched alkanes of at least 4 members (excludes halogenated alkanes) is 9. The maximum absolute atomic E-state index is 13.4. The quantitative estimate of drug-likeness (QED) is 0.122. The van der Waals surface area contributed by atoms with Gasteiger partial charge in [0.25, 0.3) is 0 Å². The fraction of sp³-hybridized carbons (Fsp3) is 0.897. The van der Waals surface area contributed by atoms with Crippen molar-refractivity contribution in [1.82, 2.24) is 5.32 Å². The number of aliphatic carboxylic acids is 1. The summed E-state index contributed by atoms with van der Waals surface area (Å²) in [7, 11) is 0. The molecule has 0 bridgehead atoms. The molecule has 0 saturated carbocycles. The average molecular weight is 512 g/mol. The molecular formula is C29H53NO6. The number of esters is 2. The van der Waals surface area contributed by atoms with Gasteiger partial charge < -0.3 is 19.9 Å². The van der Waals surface area contributed by atoms with Gasteiger partial charge in [0.1, 0.15) is 6.10 Å². The van der Waals surface area contributed by atoms with E-state index in [1.165, 1.54) is 6.92 Å². The fourth-order valence-corrected chi connectivity index (χ4v) is 5.67. The van der Waals surface area contributed by atoms with Gasteiger partial charge in [0, 0.05) is 30.8 Å². The SMILES string of the molecule is CCCCC(CCCCCCCCCCCOC(C)=O)(C(=O)O)C(=O)OC1CC(C)(C)NC(C)(C)C1. The summed E-state index contributed by atoms with van der Waals surface area (Å²) in [5, 5.41) is 13.8. The monoisotopic (exact) mass is 511 g/mol. The van der Waals surface area contributed by atoms with Crippen LogP contribution in [-0.2, 0) is 23.9 Å². The van der Waals surface area contributed by atoms with Crippen LogP contribution in [0.15, 0.2) is 0 Å². The lowest BCUT2D eigenvalue weighted by Crippen LogP contribution is -2.60. The summed E-state index contributed by atoms with van der Waals surface area (Å²) >= 11 is 0. The highest BCUT2D eigenvalue weighted by molar-refractivity contribution is 5.99. The molecular weight excluding hydrogens is 458 g/mol. The van der Waals surface area contributed by atoms with Gasteiger partial charge in [-0.1, -0.05) is 71.1 Å². The molecule has 1 unspecified atom stereocenters. The molecule has 0 aromatic rings. The van der Waals surface area contributed by atoms with Crippen LogP contribution >= 0.6 is 0 Å². The van der Waals surface area contributed by atoms with Gasteiger partial charge in [-0.05, 0) is 47.0 Å². The maximum atomic E-state index is 13.4. The van der Waals surface area contributed by atoms with Crippen LogP contribution in [0.5, 0.6) is 0 Å². The molecule has 1 saturated heterocycles. The van der Waals surface area contributed by atoms with Crippen molar-refractivity contribution in [3.8, 4) is 0 Å². The molecule has 2 N–H and O–H groups in total. The van der Waals surface area contributed by atoms with Crippen molar-refractivity contribution in [2.75, 3.05) is 6.61 Å². The first kappa shape index (κ1) is 32.4. The van der Waals surface area contributed by atoms with Crippen LogP contribution in [0.2, 0.25) is 0 Å². The molecule has 0 radical (unpaired) electrons. The summed E-state index contributed by atoms with van der Waals surface area (Å²) < 4.78 is 10.9. The molecule has 0 aromatic carbocycles. The maximum Gasteiger partial charge on any atom is 0.323 e. The van der Waals surface area contributed by atoms with Crippen LogP contribution in [0.25, 0.3) is 0 Å². The Morgan fingerprint density at radius 2 is 1.31 bits per heavy atom. The molecule has 1 rings (SSSR count). The number of nitrogens with one attached hydrogen (secondary N) is 1. The summed E-state index contributed by atoms with van der Waals surface area (Å²) in [5.41, 5.74) is -1.80. The van der Waals surface area contributed by atoms with Crippen molar-refractivity contribution in [2.45, 2.75) is 155 Å². The van der Waals surface area contributed by atoms with E-state index in [0.29, 0.717) is 38.7 Å². The van der Waals surface area contributed by atoms with E-state index in [4.69, 9.17) is 9.47 Å². The number of piperidine rings is 1. The van der Waals surface area contributed by atoms with E-state index in [-0.39, 0.29) is 23.2 Å². The Morgan fingerprint density at radius 1 is 0.833 bits per heavy atom. The summed E-state index contributed by atoms with van der Waals surface area (Å²) in [6.07, 6.45) is 12.5. The molecule has 210 valence electrons. The zero-order chi connectivity index (χ0) is 27.2. The first-order chi connectivity index (χ1) is 16.8. The highest BCUT2D eigenvalue weighted by Crippen LogP contribution is 2.37. The van der Waals surface area contributed by atoms with Crippen LogP contribution < -0.4 is 5.32 Å². The van der Waals surface area contributed by atoms with Gasteiger partial charge in [-0.25, -0.2) is 0 Å². The van der Waals surface area contributed by atoms with Crippen LogP contribution in [0.1, 0.15) is 138 Å². The third-order valence-electron chi connectivity index (χ3n) is 7.24. The Bertz CT molecular complexity index is 673. The van der Waals surface area contributed by atoms with Gasteiger partial charge in [-0.15, -0.1) is 0 Å². The molecule has 36 heavy (non-hydrogen) atoms. The van der Waals surface area contributed by atoms with Gasteiger partial charge in [0.15, 0.2) is 5.41 Å². The van der Waals surface area contributed by atoms with Crippen LogP contribution in [0.4, 0.5) is 0 Å². The van der Waals surface area contributed by atoms with Crippen molar-refractivity contribution in [3.63, 3.8) is 0 Å². The molecule has 1 heterocycles. The van der Waals surface area contributed by atoms with E-state index < -0.39 is 17.4 Å². The number of carbonyl (C=O) groups is 3. The Morgan fingerprint density at radius 3 is 1.78 bits per heavy atom. The van der Waals surface area contributed by atoms with Gasteiger partial charge in [0.2, 0.25) is 0 Å². The summed E-state index contributed by atoms with van der Waals surface area (Å²) in [6.45, 7) is 12.3. The highest BCUT2D eigenvalue weighted by atomic mass is 16.5. The normalized spacial score (nSPS) is 18.8.